The third-order valence-corrected chi connectivity index (χ3v) is 4.79. The molecule has 0 aliphatic carbocycles. The Morgan fingerprint density at radius 1 is 1.04 bits per heavy atom. The Morgan fingerprint density at radius 2 is 1.70 bits per heavy atom. The number of aliphatic hydroxyl groups is 1. The second kappa shape index (κ2) is 8.33. The number of amides is 1. The molecule has 2 N–H and O–H groups in total. The van der Waals surface area contributed by atoms with E-state index in [1.54, 1.807) is 0 Å². The van der Waals surface area contributed by atoms with Gasteiger partial charge in [-0.2, -0.15) is 0 Å². The number of carbonyl (C=O) groups excluding carboxylic acids is 1. The van der Waals surface area contributed by atoms with Crippen LogP contribution in [0.5, 0.6) is 0 Å². The van der Waals surface area contributed by atoms with E-state index in [2.05, 4.69) is 5.32 Å². The third kappa shape index (κ3) is 4.35. The summed E-state index contributed by atoms with van der Waals surface area (Å²) in [6.07, 6.45) is -0.222. The van der Waals surface area contributed by atoms with Crippen molar-refractivity contribution in [3.63, 3.8) is 0 Å². The number of carbonyl (C=O) groups is 1. The van der Waals surface area contributed by atoms with E-state index in [1.165, 1.54) is 7.11 Å². The summed E-state index contributed by atoms with van der Waals surface area (Å²) >= 11 is 0. The summed E-state index contributed by atoms with van der Waals surface area (Å²) in [6, 6.07) is 23.6. The molecule has 0 spiro atoms. The summed E-state index contributed by atoms with van der Waals surface area (Å²) in [5.41, 5.74) is 1.08. The molecule has 0 saturated carbocycles. The van der Waals surface area contributed by atoms with Gasteiger partial charge in [0.1, 0.15) is 0 Å². The van der Waals surface area contributed by atoms with Crippen LogP contribution in [0.15, 0.2) is 72.8 Å². The zero-order chi connectivity index (χ0) is 19.3. The van der Waals surface area contributed by atoms with Crippen LogP contribution in [-0.4, -0.2) is 30.3 Å². The fraction of sp³-hybridized carbons (Fsp3) is 0.261. The quantitative estimate of drug-likeness (QED) is 0.674. The standard InChI is InChI=1S/C23H25NO3/c1-23(16-25,15-17-9-4-3-5-10-17)24-22(26)21(27-2)20-14-8-12-18-11-6-7-13-19(18)20/h3-14,21,25H,15-16H2,1-2H3,(H,24,26)/t21-,23-/m0/s1. The Bertz CT molecular complexity index is 904. The first-order valence-electron chi connectivity index (χ1n) is 9.03. The number of rotatable bonds is 7. The van der Waals surface area contributed by atoms with Crippen LogP contribution in [0.2, 0.25) is 0 Å². The molecule has 0 heterocycles. The molecule has 0 aliphatic rings. The molecule has 3 aromatic carbocycles. The Labute approximate surface area is 159 Å². The predicted molar refractivity (Wildman–Crippen MR) is 107 cm³/mol. The minimum atomic E-state index is -0.778. The summed E-state index contributed by atoms with van der Waals surface area (Å²) in [7, 11) is 1.53. The summed E-state index contributed by atoms with van der Waals surface area (Å²) in [5, 5.41) is 15.0. The van der Waals surface area contributed by atoms with Crippen molar-refractivity contribution < 1.29 is 14.6 Å². The van der Waals surface area contributed by atoms with Crippen LogP contribution in [0.1, 0.15) is 24.2 Å². The summed E-state index contributed by atoms with van der Waals surface area (Å²) in [4.78, 5) is 13.0. The van der Waals surface area contributed by atoms with Crippen LogP contribution in [0.3, 0.4) is 0 Å². The van der Waals surface area contributed by atoms with Crippen LogP contribution < -0.4 is 5.32 Å². The molecule has 0 aliphatic heterocycles. The molecule has 2 atom stereocenters. The molecule has 0 bridgehead atoms. The minimum Gasteiger partial charge on any atom is -0.394 e. The van der Waals surface area contributed by atoms with Gasteiger partial charge in [0.15, 0.2) is 6.10 Å². The first kappa shape index (κ1) is 19.1. The van der Waals surface area contributed by atoms with E-state index >= 15 is 0 Å². The van der Waals surface area contributed by atoms with Gasteiger partial charge in [-0.1, -0.05) is 72.8 Å². The average Bonchev–Trinajstić information content (AvgIpc) is 2.69. The van der Waals surface area contributed by atoms with Gasteiger partial charge in [0, 0.05) is 7.11 Å². The third-order valence-electron chi connectivity index (χ3n) is 4.79. The van der Waals surface area contributed by atoms with Crippen molar-refractivity contribution in [1.82, 2.24) is 5.32 Å². The van der Waals surface area contributed by atoms with Crippen LogP contribution >= 0.6 is 0 Å². The van der Waals surface area contributed by atoms with Gasteiger partial charge in [0.05, 0.1) is 12.1 Å². The lowest BCUT2D eigenvalue weighted by Gasteiger charge is -2.31. The van der Waals surface area contributed by atoms with Gasteiger partial charge < -0.3 is 15.2 Å². The minimum absolute atomic E-state index is 0.167. The maximum absolute atomic E-state index is 13.0. The molecule has 4 heteroatoms. The highest BCUT2D eigenvalue weighted by atomic mass is 16.5. The Balaban J connectivity index is 1.85. The van der Waals surface area contributed by atoms with Crippen LogP contribution in [-0.2, 0) is 16.0 Å². The van der Waals surface area contributed by atoms with E-state index in [9.17, 15) is 9.90 Å². The molecule has 0 saturated heterocycles. The van der Waals surface area contributed by atoms with Gasteiger partial charge in [-0.25, -0.2) is 0 Å². The van der Waals surface area contributed by atoms with E-state index in [0.717, 1.165) is 21.9 Å². The lowest BCUT2D eigenvalue weighted by molar-refractivity contribution is -0.133. The molecule has 0 aromatic heterocycles. The Kier molecular flexibility index (Phi) is 5.89. The molecule has 1 amide bonds. The van der Waals surface area contributed by atoms with Crippen LogP contribution in [0, 0.1) is 0 Å². The smallest absolute Gasteiger partial charge is 0.254 e. The highest BCUT2D eigenvalue weighted by molar-refractivity contribution is 5.92. The van der Waals surface area contributed by atoms with Crippen molar-refractivity contribution in [2.45, 2.75) is 25.0 Å². The monoisotopic (exact) mass is 363 g/mol. The van der Waals surface area contributed by atoms with Gasteiger partial charge in [0.25, 0.3) is 5.91 Å². The Hall–Kier alpha value is -2.69. The number of hydrogen-bond donors (Lipinski definition) is 2. The molecule has 3 rings (SSSR count). The van der Waals surface area contributed by atoms with E-state index in [4.69, 9.17) is 4.74 Å². The van der Waals surface area contributed by atoms with Crippen molar-refractivity contribution in [3.05, 3.63) is 83.9 Å². The fourth-order valence-corrected chi connectivity index (χ4v) is 3.40. The number of ether oxygens (including phenoxy) is 1. The number of fused-ring (bicyclic) bond motifs is 1. The first-order valence-corrected chi connectivity index (χ1v) is 9.03. The van der Waals surface area contributed by atoms with Gasteiger partial charge in [-0.15, -0.1) is 0 Å². The summed E-state index contributed by atoms with van der Waals surface area (Å²) < 4.78 is 5.55. The molecule has 3 aromatic rings. The van der Waals surface area contributed by atoms with E-state index in [-0.39, 0.29) is 12.5 Å². The lowest BCUT2D eigenvalue weighted by atomic mass is 9.92. The lowest BCUT2D eigenvalue weighted by Crippen LogP contribution is -2.52. The molecule has 4 nitrogen and oxygen atoms in total. The second-order valence-corrected chi connectivity index (χ2v) is 7.05. The normalized spacial score (nSPS) is 14.5. The maximum atomic E-state index is 13.0. The van der Waals surface area contributed by atoms with Crippen LogP contribution in [0.4, 0.5) is 0 Å². The molecule has 0 radical (unpaired) electrons. The molecule has 27 heavy (non-hydrogen) atoms. The number of hydrogen-bond acceptors (Lipinski definition) is 3. The topological polar surface area (TPSA) is 58.6 Å². The first-order chi connectivity index (χ1) is 13.1. The van der Waals surface area contributed by atoms with Gasteiger partial charge in [-0.05, 0) is 35.2 Å². The van der Waals surface area contributed by atoms with Crippen molar-refractivity contribution in [1.29, 1.82) is 0 Å². The number of nitrogens with one attached hydrogen (secondary N) is 1. The summed E-state index contributed by atoms with van der Waals surface area (Å²) in [6.45, 7) is 1.67. The van der Waals surface area contributed by atoms with E-state index in [1.807, 2.05) is 79.7 Å². The van der Waals surface area contributed by atoms with Crippen molar-refractivity contribution in [2.75, 3.05) is 13.7 Å². The highest BCUT2D eigenvalue weighted by Gasteiger charge is 2.31. The summed E-state index contributed by atoms with van der Waals surface area (Å²) in [5.74, 6) is -0.263. The SMILES string of the molecule is CO[C@H](C(=O)N[C@](C)(CO)Cc1ccccc1)c1cccc2ccccc12. The van der Waals surface area contributed by atoms with Gasteiger partial charge in [0.2, 0.25) is 0 Å². The molecule has 0 unspecified atom stereocenters. The number of methoxy groups -OCH3 is 1. The fourth-order valence-electron chi connectivity index (χ4n) is 3.40. The number of benzene rings is 3. The van der Waals surface area contributed by atoms with E-state index in [0.29, 0.717) is 6.42 Å². The Morgan fingerprint density at radius 3 is 2.41 bits per heavy atom. The molecule has 140 valence electrons. The highest BCUT2D eigenvalue weighted by Crippen LogP contribution is 2.27. The molecule has 0 fully saturated rings. The van der Waals surface area contributed by atoms with Crippen LogP contribution in [0.25, 0.3) is 10.8 Å². The maximum Gasteiger partial charge on any atom is 0.254 e. The predicted octanol–water partition coefficient (Wildman–Crippen LogP) is 3.64. The molecular weight excluding hydrogens is 338 g/mol. The van der Waals surface area contributed by atoms with Gasteiger partial charge in [-0.3, -0.25) is 4.79 Å². The second-order valence-electron chi connectivity index (χ2n) is 7.05. The van der Waals surface area contributed by atoms with Crippen molar-refractivity contribution in [2.24, 2.45) is 0 Å². The van der Waals surface area contributed by atoms with Crippen molar-refractivity contribution in [3.8, 4) is 0 Å². The van der Waals surface area contributed by atoms with Crippen molar-refractivity contribution >= 4 is 16.7 Å². The zero-order valence-corrected chi connectivity index (χ0v) is 15.7. The largest absolute Gasteiger partial charge is 0.394 e. The van der Waals surface area contributed by atoms with E-state index < -0.39 is 11.6 Å². The number of aliphatic hydroxyl groups excluding tert-OH is 1. The molecular formula is C23H25NO3. The van der Waals surface area contributed by atoms with Gasteiger partial charge >= 0.3 is 0 Å². The average molecular weight is 363 g/mol. The zero-order valence-electron chi connectivity index (χ0n) is 15.7.